The molecule has 0 unspecified atom stereocenters. The van der Waals surface area contributed by atoms with E-state index in [-0.39, 0.29) is 18.9 Å². The minimum atomic E-state index is -0.418. The summed E-state index contributed by atoms with van der Waals surface area (Å²) in [6.07, 6.45) is 0.199. The molecule has 0 saturated carbocycles. The molecule has 0 aliphatic heterocycles. The molecule has 1 N–H and O–H groups in total. The van der Waals surface area contributed by atoms with Crippen LogP contribution < -0.4 is 5.32 Å². The van der Waals surface area contributed by atoms with Crippen LogP contribution in [0.4, 0.5) is 0 Å². The van der Waals surface area contributed by atoms with Crippen molar-refractivity contribution >= 4 is 23.2 Å². The second kappa shape index (κ2) is 10.5. The number of esters is 1. The quantitative estimate of drug-likeness (QED) is 0.546. The van der Waals surface area contributed by atoms with Crippen molar-refractivity contribution in [1.82, 2.24) is 10.3 Å². The summed E-state index contributed by atoms with van der Waals surface area (Å²) in [7, 11) is 1.60. The lowest BCUT2D eigenvalue weighted by atomic mass is 10.1. The predicted molar refractivity (Wildman–Crippen MR) is 110 cm³/mol. The summed E-state index contributed by atoms with van der Waals surface area (Å²) in [5.74, 6) is -0.514. The summed E-state index contributed by atoms with van der Waals surface area (Å²) in [5.41, 5.74) is 3.04. The summed E-state index contributed by atoms with van der Waals surface area (Å²) in [6, 6.07) is 16.8. The summed E-state index contributed by atoms with van der Waals surface area (Å²) in [6.45, 7) is 0.982. The molecule has 0 aliphatic carbocycles. The topological polar surface area (TPSA) is 77.5 Å². The van der Waals surface area contributed by atoms with E-state index in [9.17, 15) is 9.59 Å². The number of thiazole rings is 1. The van der Waals surface area contributed by atoms with Crippen LogP contribution >= 0.6 is 11.3 Å². The van der Waals surface area contributed by atoms with Crippen molar-refractivity contribution in [2.24, 2.45) is 0 Å². The molecular formula is C22H22N2O4S. The lowest BCUT2D eigenvalue weighted by Gasteiger charge is -2.05. The average Bonchev–Trinajstić information content (AvgIpc) is 3.19. The van der Waals surface area contributed by atoms with E-state index in [0.29, 0.717) is 29.4 Å². The van der Waals surface area contributed by atoms with Gasteiger partial charge in [0.1, 0.15) is 11.6 Å². The van der Waals surface area contributed by atoms with Crippen LogP contribution in [-0.4, -0.2) is 24.0 Å². The lowest BCUT2D eigenvalue weighted by Crippen LogP contribution is -2.24. The number of rotatable bonds is 9. The van der Waals surface area contributed by atoms with Gasteiger partial charge in [0.2, 0.25) is 5.91 Å². The van der Waals surface area contributed by atoms with Crippen LogP contribution in [0, 0.1) is 0 Å². The van der Waals surface area contributed by atoms with Crippen molar-refractivity contribution in [3.05, 3.63) is 87.4 Å². The highest BCUT2D eigenvalue weighted by atomic mass is 32.1. The van der Waals surface area contributed by atoms with Crippen molar-refractivity contribution in [2.45, 2.75) is 26.2 Å². The maximum absolute atomic E-state index is 12.2. The van der Waals surface area contributed by atoms with E-state index < -0.39 is 5.97 Å². The van der Waals surface area contributed by atoms with E-state index in [2.05, 4.69) is 10.3 Å². The van der Waals surface area contributed by atoms with Gasteiger partial charge < -0.3 is 14.8 Å². The number of methoxy groups -OCH3 is 1. The van der Waals surface area contributed by atoms with Crippen molar-refractivity contribution < 1.29 is 19.1 Å². The zero-order valence-electron chi connectivity index (χ0n) is 16.1. The molecule has 1 aromatic heterocycles. The Hall–Kier alpha value is -3.03. The average molecular weight is 410 g/mol. The third-order valence-electron chi connectivity index (χ3n) is 4.07. The Bertz CT molecular complexity index is 956. The number of carbonyl (C=O) groups excluding carboxylic acids is 2. The number of amides is 1. The monoisotopic (exact) mass is 410 g/mol. The SMILES string of the molecule is COCc1cccc(C(=O)OCc2csc(CC(=O)NCc3ccccc3)n2)c1. The third kappa shape index (κ3) is 6.51. The Labute approximate surface area is 173 Å². The Morgan fingerprint density at radius 3 is 2.62 bits per heavy atom. The van der Waals surface area contributed by atoms with Crippen LogP contribution in [0.15, 0.2) is 60.0 Å². The summed E-state index contributed by atoms with van der Waals surface area (Å²) >= 11 is 1.38. The highest BCUT2D eigenvalue weighted by Gasteiger charge is 2.11. The molecule has 2 aromatic carbocycles. The van der Waals surface area contributed by atoms with E-state index in [1.807, 2.05) is 36.4 Å². The molecule has 1 amide bonds. The molecule has 7 heteroatoms. The van der Waals surface area contributed by atoms with E-state index >= 15 is 0 Å². The van der Waals surface area contributed by atoms with Gasteiger partial charge in [0.15, 0.2) is 0 Å². The second-order valence-electron chi connectivity index (χ2n) is 6.38. The Morgan fingerprint density at radius 2 is 1.83 bits per heavy atom. The predicted octanol–water partition coefficient (Wildman–Crippen LogP) is 3.51. The number of nitrogens with one attached hydrogen (secondary N) is 1. The fourth-order valence-corrected chi connectivity index (χ4v) is 3.45. The highest BCUT2D eigenvalue weighted by molar-refractivity contribution is 7.09. The normalized spacial score (nSPS) is 10.5. The zero-order valence-corrected chi connectivity index (χ0v) is 16.9. The van der Waals surface area contributed by atoms with Gasteiger partial charge in [-0.15, -0.1) is 11.3 Å². The first-order chi connectivity index (χ1) is 14.1. The summed E-state index contributed by atoms with van der Waals surface area (Å²) in [4.78, 5) is 28.7. The van der Waals surface area contributed by atoms with E-state index in [4.69, 9.17) is 9.47 Å². The molecule has 1 heterocycles. The molecule has 0 spiro atoms. The van der Waals surface area contributed by atoms with Crippen LogP contribution in [0.2, 0.25) is 0 Å². The number of carbonyl (C=O) groups is 2. The number of hydrogen-bond donors (Lipinski definition) is 1. The number of nitrogens with zero attached hydrogens (tertiary/aromatic N) is 1. The first-order valence-corrected chi connectivity index (χ1v) is 10.0. The Kier molecular flexibility index (Phi) is 7.49. The number of ether oxygens (including phenoxy) is 2. The highest BCUT2D eigenvalue weighted by Crippen LogP contribution is 2.13. The van der Waals surface area contributed by atoms with Crippen molar-refractivity contribution in [2.75, 3.05) is 7.11 Å². The number of benzene rings is 2. The van der Waals surface area contributed by atoms with E-state index in [0.717, 1.165) is 11.1 Å². The molecule has 150 valence electrons. The van der Waals surface area contributed by atoms with E-state index in [1.54, 1.807) is 30.7 Å². The van der Waals surface area contributed by atoms with Gasteiger partial charge >= 0.3 is 5.97 Å². The molecule has 6 nitrogen and oxygen atoms in total. The number of hydrogen-bond acceptors (Lipinski definition) is 6. The molecule has 3 rings (SSSR count). The standard InChI is InChI=1S/C22H22N2O4S/c1-27-13-17-8-5-9-18(10-17)22(26)28-14-19-15-29-21(24-19)11-20(25)23-12-16-6-3-2-4-7-16/h2-10,15H,11-14H2,1H3,(H,23,25). The molecule has 0 radical (unpaired) electrons. The fraction of sp³-hybridized carbons (Fsp3) is 0.227. The van der Waals surface area contributed by atoms with Crippen molar-refractivity contribution in [3.63, 3.8) is 0 Å². The molecule has 29 heavy (non-hydrogen) atoms. The summed E-state index contributed by atoms with van der Waals surface area (Å²) < 4.78 is 10.4. The van der Waals surface area contributed by atoms with Crippen LogP contribution in [0.25, 0.3) is 0 Å². The van der Waals surface area contributed by atoms with Crippen molar-refractivity contribution in [1.29, 1.82) is 0 Å². The zero-order chi connectivity index (χ0) is 20.5. The minimum Gasteiger partial charge on any atom is -0.456 e. The van der Waals surface area contributed by atoms with Gasteiger partial charge in [-0.3, -0.25) is 4.79 Å². The third-order valence-corrected chi connectivity index (χ3v) is 4.97. The second-order valence-corrected chi connectivity index (χ2v) is 7.32. The number of aromatic nitrogens is 1. The van der Waals surface area contributed by atoms with Crippen molar-refractivity contribution in [3.8, 4) is 0 Å². The maximum Gasteiger partial charge on any atom is 0.338 e. The van der Waals surface area contributed by atoms with Crippen LogP contribution in [0.5, 0.6) is 0 Å². The molecule has 0 atom stereocenters. The van der Waals surface area contributed by atoms with Gasteiger partial charge in [0.05, 0.1) is 24.3 Å². The lowest BCUT2D eigenvalue weighted by molar-refractivity contribution is -0.120. The first kappa shape index (κ1) is 20.7. The fourth-order valence-electron chi connectivity index (χ4n) is 2.67. The molecule has 0 bridgehead atoms. The van der Waals surface area contributed by atoms with Gasteiger partial charge in [-0.05, 0) is 23.3 Å². The smallest absolute Gasteiger partial charge is 0.338 e. The van der Waals surface area contributed by atoms with Gasteiger partial charge in [0, 0.05) is 19.0 Å². The largest absolute Gasteiger partial charge is 0.456 e. The van der Waals surface area contributed by atoms with Gasteiger partial charge in [-0.2, -0.15) is 0 Å². The molecular weight excluding hydrogens is 388 g/mol. The van der Waals surface area contributed by atoms with Crippen LogP contribution in [0.1, 0.15) is 32.2 Å². The molecule has 0 aliphatic rings. The van der Waals surface area contributed by atoms with Crippen LogP contribution in [0.3, 0.4) is 0 Å². The molecule has 0 fully saturated rings. The molecule has 3 aromatic rings. The minimum absolute atomic E-state index is 0.0650. The van der Waals surface area contributed by atoms with Crippen LogP contribution in [-0.2, 0) is 40.4 Å². The van der Waals surface area contributed by atoms with Gasteiger partial charge in [-0.1, -0.05) is 42.5 Å². The first-order valence-electron chi connectivity index (χ1n) is 9.13. The maximum atomic E-state index is 12.2. The molecule has 0 saturated heterocycles. The van der Waals surface area contributed by atoms with E-state index in [1.165, 1.54) is 11.3 Å². The Morgan fingerprint density at radius 1 is 1.03 bits per heavy atom. The van der Waals surface area contributed by atoms with Gasteiger partial charge in [-0.25, -0.2) is 9.78 Å². The van der Waals surface area contributed by atoms with Gasteiger partial charge in [0.25, 0.3) is 0 Å². The Balaban J connectivity index is 1.46. The summed E-state index contributed by atoms with van der Waals surface area (Å²) in [5, 5.41) is 5.36.